The normalized spacial score (nSPS) is 18.8. The molecular weight excluding hydrogens is 212 g/mol. The monoisotopic (exact) mass is 236 g/mol. The van der Waals surface area contributed by atoms with Gasteiger partial charge in [0.2, 0.25) is 0 Å². The van der Waals surface area contributed by atoms with E-state index in [1.54, 1.807) is 0 Å². The molecule has 0 spiro atoms. The largest absolute Gasteiger partial charge is 0.393 e. The maximum atomic E-state index is 10.2. The Morgan fingerprint density at radius 2 is 2.18 bits per heavy atom. The van der Waals surface area contributed by atoms with Crippen molar-refractivity contribution in [2.45, 2.75) is 65.0 Å². The van der Waals surface area contributed by atoms with Crippen molar-refractivity contribution in [1.82, 2.24) is 9.78 Å². The van der Waals surface area contributed by atoms with Crippen molar-refractivity contribution < 1.29 is 5.11 Å². The number of hydrogen-bond acceptors (Lipinski definition) is 2. The summed E-state index contributed by atoms with van der Waals surface area (Å²) in [5.41, 5.74) is 2.35. The van der Waals surface area contributed by atoms with Crippen molar-refractivity contribution >= 4 is 0 Å². The van der Waals surface area contributed by atoms with E-state index in [4.69, 9.17) is 0 Å². The predicted molar refractivity (Wildman–Crippen MR) is 68.9 cm³/mol. The number of rotatable bonds is 5. The summed E-state index contributed by atoms with van der Waals surface area (Å²) < 4.78 is 2.05. The second-order valence-electron chi connectivity index (χ2n) is 5.24. The van der Waals surface area contributed by atoms with Crippen LogP contribution in [0.2, 0.25) is 0 Å². The van der Waals surface area contributed by atoms with E-state index in [0.29, 0.717) is 5.92 Å². The number of aryl methyl sites for hydroxylation is 3. The lowest BCUT2D eigenvalue weighted by Crippen LogP contribution is -2.19. The molecular formula is C14H24N2O. The van der Waals surface area contributed by atoms with Gasteiger partial charge in [-0.1, -0.05) is 12.8 Å². The molecule has 3 heteroatoms. The van der Waals surface area contributed by atoms with Crippen LogP contribution in [0, 0.1) is 12.8 Å². The van der Waals surface area contributed by atoms with Gasteiger partial charge in [-0.2, -0.15) is 5.10 Å². The van der Waals surface area contributed by atoms with Crippen molar-refractivity contribution in [3.8, 4) is 0 Å². The Kier molecular flexibility index (Phi) is 4.21. The molecule has 0 aromatic carbocycles. The van der Waals surface area contributed by atoms with Gasteiger partial charge < -0.3 is 5.11 Å². The molecule has 0 amide bonds. The molecule has 96 valence electrons. The fraction of sp³-hybridized carbons (Fsp3) is 0.786. The first-order chi connectivity index (χ1) is 8.20. The Bertz CT molecular complexity index is 353. The van der Waals surface area contributed by atoms with E-state index in [1.807, 2.05) is 6.92 Å². The molecule has 1 aromatic rings. The zero-order valence-corrected chi connectivity index (χ0v) is 11.0. The topological polar surface area (TPSA) is 38.0 Å². The summed E-state index contributed by atoms with van der Waals surface area (Å²) in [6.45, 7) is 5.06. The van der Waals surface area contributed by atoms with Gasteiger partial charge in [-0.15, -0.1) is 0 Å². The van der Waals surface area contributed by atoms with Crippen LogP contribution in [-0.4, -0.2) is 21.0 Å². The molecule has 1 aromatic heterocycles. The summed E-state index contributed by atoms with van der Waals surface area (Å²) >= 11 is 0. The minimum Gasteiger partial charge on any atom is -0.393 e. The van der Waals surface area contributed by atoms with Crippen LogP contribution in [0.3, 0.4) is 0 Å². The summed E-state index contributed by atoms with van der Waals surface area (Å²) in [7, 11) is 0. The van der Waals surface area contributed by atoms with Crippen LogP contribution in [0.25, 0.3) is 0 Å². The maximum absolute atomic E-state index is 10.2. The van der Waals surface area contributed by atoms with Crippen molar-refractivity contribution in [3.63, 3.8) is 0 Å². The molecule has 1 saturated carbocycles. The highest BCUT2D eigenvalue weighted by Gasteiger charge is 2.23. The molecule has 1 fully saturated rings. The number of hydrogen-bond donors (Lipinski definition) is 1. The number of aromatic nitrogens is 2. The Labute approximate surface area is 104 Å². The number of nitrogens with zero attached hydrogens (tertiary/aromatic N) is 2. The summed E-state index contributed by atoms with van der Waals surface area (Å²) in [6.07, 6.45) is 6.75. The first-order valence-electron chi connectivity index (χ1n) is 6.92. The van der Waals surface area contributed by atoms with Gasteiger partial charge in [-0.25, -0.2) is 0 Å². The molecule has 1 aliphatic carbocycles. The maximum Gasteiger partial charge on any atom is 0.0596 e. The van der Waals surface area contributed by atoms with Gasteiger partial charge in [-0.05, 0) is 51.5 Å². The fourth-order valence-corrected chi connectivity index (χ4v) is 2.95. The summed E-state index contributed by atoms with van der Waals surface area (Å²) in [4.78, 5) is 0. The first-order valence-corrected chi connectivity index (χ1v) is 6.92. The van der Waals surface area contributed by atoms with Crippen LogP contribution in [-0.2, 0) is 13.0 Å². The first kappa shape index (κ1) is 12.6. The van der Waals surface area contributed by atoms with E-state index in [-0.39, 0.29) is 6.10 Å². The highest BCUT2D eigenvalue weighted by Crippen LogP contribution is 2.29. The molecule has 3 nitrogen and oxygen atoms in total. The second kappa shape index (κ2) is 5.67. The van der Waals surface area contributed by atoms with Crippen molar-refractivity contribution in [2.75, 3.05) is 0 Å². The van der Waals surface area contributed by atoms with Crippen molar-refractivity contribution in [1.29, 1.82) is 0 Å². The lowest BCUT2D eigenvalue weighted by molar-refractivity contribution is 0.102. The zero-order valence-electron chi connectivity index (χ0n) is 11.0. The standard InChI is InChI=1S/C14H24N2O/c1-3-16-13(10-11(2)15-16)8-9-14(17)12-6-4-5-7-12/h10,12,14,17H,3-9H2,1-2H3. The van der Waals surface area contributed by atoms with Crippen LogP contribution >= 0.6 is 0 Å². The molecule has 0 bridgehead atoms. The van der Waals surface area contributed by atoms with E-state index < -0.39 is 0 Å². The average molecular weight is 236 g/mol. The average Bonchev–Trinajstić information content (AvgIpc) is 2.94. The van der Waals surface area contributed by atoms with E-state index in [9.17, 15) is 5.11 Å². The SMILES string of the molecule is CCn1nc(C)cc1CCC(O)C1CCCC1. The van der Waals surface area contributed by atoms with Crippen LogP contribution in [0.4, 0.5) is 0 Å². The molecule has 0 radical (unpaired) electrons. The third kappa shape index (κ3) is 3.09. The van der Waals surface area contributed by atoms with Gasteiger partial charge in [0, 0.05) is 12.2 Å². The van der Waals surface area contributed by atoms with Gasteiger partial charge in [0.15, 0.2) is 0 Å². The minimum absolute atomic E-state index is 0.113. The molecule has 1 aliphatic rings. The molecule has 1 heterocycles. The van der Waals surface area contributed by atoms with Gasteiger partial charge in [-0.3, -0.25) is 4.68 Å². The molecule has 17 heavy (non-hydrogen) atoms. The fourth-order valence-electron chi connectivity index (χ4n) is 2.95. The Morgan fingerprint density at radius 1 is 1.47 bits per heavy atom. The highest BCUT2D eigenvalue weighted by atomic mass is 16.3. The molecule has 0 saturated heterocycles. The quantitative estimate of drug-likeness (QED) is 0.853. The molecule has 1 unspecified atom stereocenters. The van der Waals surface area contributed by atoms with E-state index in [1.165, 1.54) is 31.4 Å². The van der Waals surface area contributed by atoms with Crippen molar-refractivity contribution in [3.05, 3.63) is 17.5 Å². The lowest BCUT2D eigenvalue weighted by Gasteiger charge is -2.17. The van der Waals surface area contributed by atoms with Gasteiger partial charge in [0.1, 0.15) is 0 Å². The van der Waals surface area contributed by atoms with Crippen LogP contribution in [0.15, 0.2) is 6.07 Å². The third-order valence-electron chi connectivity index (χ3n) is 3.93. The molecule has 1 N–H and O–H groups in total. The second-order valence-corrected chi connectivity index (χ2v) is 5.24. The van der Waals surface area contributed by atoms with Crippen molar-refractivity contribution in [2.24, 2.45) is 5.92 Å². The molecule has 2 rings (SSSR count). The van der Waals surface area contributed by atoms with Crippen LogP contribution in [0.5, 0.6) is 0 Å². The Hall–Kier alpha value is -0.830. The smallest absolute Gasteiger partial charge is 0.0596 e. The minimum atomic E-state index is -0.113. The Balaban J connectivity index is 1.87. The van der Waals surface area contributed by atoms with E-state index in [0.717, 1.165) is 25.1 Å². The van der Waals surface area contributed by atoms with Gasteiger partial charge in [0.25, 0.3) is 0 Å². The highest BCUT2D eigenvalue weighted by molar-refractivity contribution is 5.09. The summed E-state index contributed by atoms with van der Waals surface area (Å²) in [5.74, 6) is 0.550. The summed E-state index contributed by atoms with van der Waals surface area (Å²) in [5, 5.41) is 14.6. The predicted octanol–water partition coefficient (Wildman–Crippen LogP) is 2.70. The van der Waals surface area contributed by atoms with Gasteiger partial charge >= 0.3 is 0 Å². The van der Waals surface area contributed by atoms with E-state index in [2.05, 4.69) is 22.8 Å². The molecule has 0 aliphatic heterocycles. The van der Waals surface area contributed by atoms with Gasteiger partial charge in [0.05, 0.1) is 11.8 Å². The Morgan fingerprint density at radius 3 is 2.82 bits per heavy atom. The molecule has 1 atom stereocenters. The number of aliphatic hydroxyl groups excluding tert-OH is 1. The zero-order chi connectivity index (χ0) is 12.3. The van der Waals surface area contributed by atoms with E-state index >= 15 is 0 Å². The number of aliphatic hydroxyl groups is 1. The third-order valence-corrected chi connectivity index (χ3v) is 3.93. The summed E-state index contributed by atoms with van der Waals surface area (Å²) in [6, 6.07) is 2.14. The van der Waals surface area contributed by atoms with Crippen LogP contribution < -0.4 is 0 Å². The van der Waals surface area contributed by atoms with Crippen LogP contribution in [0.1, 0.15) is 50.4 Å². The lowest BCUT2D eigenvalue weighted by atomic mass is 9.96.